The van der Waals surface area contributed by atoms with Crippen LogP contribution in [0.2, 0.25) is 0 Å². The fourth-order valence-corrected chi connectivity index (χ4v) is 1.38. The third-order valence-corrected chi connectivity index (χ3v) is 2.33. The molecule has 1 aromatic rings. The van der Waals surface area contributed by atoms with Gasteiger partial charge < -0.3 is 5.32 Å². The highest BCUT2D eigenvalue weighted by Crippen LogP contribution is 2.01. The Labute approximate surface area is 79.4 Å². The molecule has 4 heteroatoms. The van der Waals surface area contributed by atoms with Gasteiger partial charge >= 0.3 is 0 Å². The number of hydrogen-bond acceptors (Lipinski definition) is 3. The van der Waals surface area contributed by atoms with E-state index in [-0.39, 0.29) is 0 Å². The maximum atomic E-state index is 4.23. The van der Waals surface area contributed by atoms with Crippen molar-refractivity contribution in [1.82, 2.24) is 20.1 Å². The van der Waals surface area contributed by atoms with Gasteiger partial charge in [0.25, 0.3) is 0 Å². The van der Waals surface area contributed by atoms with Crippen LogP contribution in [0.15, 0.2) is 6.33 Å². The lowest BCUT2D eigenvalue weighted by Gasteiger charge is -2.12. The van der Waals surface area contributed by atoms with Crippen LogP contribution in [0.25, 0.3) is 0 Å². The molecule has 0 aliphatic heterocycles. The first-order chi connectivity index (χ1) is 6.31. The molecule has 1 unspecified atom stereocenters. The van der Waals surface area contributed by atoms with E-state index >= 15 is 0 Å². The minimum atomic E-state index is 0.509. The summed E-state index contributed by atoms with van der Waals surface area (Å²) in [5.41, 5.74) is 0. The van der Waals surface area contributed by atoms with Crippen molar-refractivity contribution in [2.45, 2.75) is 39.3 Å². The van der Waals surface area contributed by atoms with Crippen LogP contribution in [0.3, 0.4) is 0 Å². The van der Waals surface area contributed by atoms with Crippen molar-refractivity contribution in [3.05, 3.63) is 12.2 Å². The Morgan fingerprint density at radius 2 is 2.31 bits per heavy atom. The van der Waals surface area contributed by atoms with Gasteiger partial charge in [-0.25, -0.2) is 4.98 Å². The van der Waals surface area contributed by atoms with Crippen molar-refractivity contribution in [1.29, 1.82) is 0 Å². The van der Waals surface area contributed by atoms with Gasteiger partial charge in [0.1, 0.15) is 12.2 Å². The zero-order valence-corrected chi connectivity index (χ0v) is 8.62. The van der Waals surface area contributed by atoms with Crippen LogP contribution < -0.4 is 5.32 Å². The highest BCUT2D eigenvalue weighted by atomic mass is 15.3. The van der Waals surface area contributed by atoms with Crippen molar-refractivity contribution in [3.63, 3.8) is 0 Å². The lowest BCUT2D eigenvalue weighted by atomic mass is 10.1. The van der Waals surface area contributed by atoms with Gasteiger partial charge in [-0.3, -0.25) is 4.68 Å². The highest BCUT2D eigenvalue weighted by molar-refractivity contribution is 4.88. The van der Waals surface area contributed by atoms with Crippen molar-refractivity contribution in [3.8, 4) is 0 Å². The molecule has 0 fully saturated rings. The van der Waals surface area contributed by atoms with Crippen molar-refractivity contribution < 1.29 is 0 Å². The molecular formula is C9H18N4. The van der Waals surface area contributed by atoms with Gasteiger partial charge in [0.2, 0.25) is 0 Å². The van der Waals surface area contributed by atoms with Crippen molar-refractivity contribution >= 4 is 0 Å². The molecule has 0 aromatic carbocycles. The summed E-state index contributed by atoms with van der Waals surface area (Å²) in [5.74, 6) is 1.07. The molecule has 74 valence electrons. The molecule has 1 rings (SSSR count). The second-order valence-corrected chi connectivity index (χ2v) is 3.09. The molecule has 1 heterocycles. The van der Waals surface area contributed by atoms with Gasteiger partial charge in [-0.2, -0.15) is 5.10 Å². The van der Waals surface area contributed by atoms with Gasteiger partial charge in [-0.1, -0.05) is 6.92 Å². The number of hydrogen-bond donors (Lipinski definition) is 1. The first-order valence-corrected chi connectivity index (χ1v) is 4.85. The lowest BCUT2D eigenvalue weighted by molar-refractivity contribution is 0.504. The van der Waals surface area contributed by atoms with E-state index in [1.54, 1.807) is 6.33 Å². The molecule has 4 nitrogen and oxygen atoms in total. The van der Waals surface area contributed by atoms with Crippen LogP contribution in [-0.4, -0.2) is 27.9 Å². The molecule has 13 heavy (non-hydrogen) atoms. The summed E-state index contributed by atoms with van der Waals surface area (Å²) in [6, 6.07) is 0.509. The molecule has 1 atom stereocenters. The third-order valence-electron chi connectivity index (χ3n) is 2.33. The summed E-state index contributed by atoms with van der Waals surface area (Å²) < 4.78 is 1.94. The van der Waals surface area contributed by atoms with Crippen LogP contribution in [0.5, 0.6) is 0 Å². The molecule has 0 amide bonds. The summed E-state index contributed by atoms with van der Waals surface area (Å²) in [7, 11) is 1.99. The second kappa shape index (κ2) is 4.97. The zero-order valence-electron chi connectivity index (χ0n) is 8.62. The zero-order chi connectivity index (χ0) is 9.68. The van der Waals surface area contributed by atoms with Crippen molar-refractivity contribution in [2.24, 2.45) is 0 Å². The minimum absolute atomic E-state index is 0.509. The monoisotopic (exact) mass is 182 g/mol. The lowest BCUT2D eigenvalue weighted by Crippen LogP contribution is -2.28. The number of nitrogens with zero attached hydrogens (tertiary/aromatic N) is 3. The van der Waals surface area contributed by atoms with Crippen LogP contribution in [-0.2, 0) is 13.0 Å². The number of likely N-dealkylation sites (N-methyl/N-ethyl adjacent to an activating group) is 1. The largest absolute Gasteiger partial charge is 0.317 e. The van der Waals surface area contributed by atoms with Gasteiger partial charge in [-0.15, -0.1) is 0 Å². The topological polar surface area (TPSA) is 42.7 Å². The van der Waals surface area contributed by atoms with E-state index in [9.17, 15) is 0 Å². The van der Waals surface area contributed by atoms with E-state index in [1.807, 2.05) is 11.7 Å². The van der Waals surface area contributed by atoms with E-state index in [2.05, 4.69) is 29.2 Å². The number of rotatable bonds is 5. The molecule has 0 aliphatic carbocycles. The summed E-state index contributed by atoms with van der Waals surface area (Å²) >= 11 is 0. The predicted molar refractivity (Wildman–Crippen MR) is 52.5 cm³/mol. The van der Waals surface area contributed by atoms with Crippen molar-refractivity contribution in [2.75, 3.05) is 7.05 Å². The molecule has 1 aromatic heterocycles. The maximum Gasteiger partial charge on any atom is 0.138 e. The van der Waals surface area contributed by atoms with E-state index in [0.29, 0.717) is 6.04 Å². The first kappa shape index (κ1) is 10.2. The Bertz CT molecular complexity index is 240. The minimum Gasteiger partial charge on any atom is -0.317 e. The fraction of sp³-hybridized carbons (Fsp3) is 0.778. The predicted octanol–water partition coefficient (Wildman–Crippen LogP) is 0.838. The fourth-order valence-electron chi connectivity index (χ4n) is 1.38. The average Bonchev–Trinajstić information content (AvgIpc) is 2.61. The van der Waals surface area contributed by atoms with Gasteiger partial charge in [0.15, 0.2) is 0 Å². The molecule has 0 bridgehead atoms. The molecule has 0 spiro atoms. The van der Waals surface area contributed by atoms with E-state index in [4.69, 9.17) is 0 Å². The quantitative estimate of drug-likeness (QED) is 0.733. The molecule has 1 N–H and O–H groups in total. The van der Waals surface area contributed by atoms with Gasteiger partial charge in [0, 0.05) is 19.0 Å². The van der Waals surface area contributed by atoms with Gasteiger partial charge in [0.05, 0.1) is 0 Å². The van der Waals surface area contributed by atoms with E-state index in [0.717, 1.165) is 25.2 Å². The van der Waals surface area contributed by atoms with Gasteiger partial charge in [-0.05, 0) is 20.4 Å². The van der Waals surface area contributed by atoms with E-state index < -0.39 is 0 Å². The van der Waals surface area contributed by atoms with Crippen LogP contribution in [0.1, 0.15) is 26.1 Å². The maximum absolute atomic E-state index is 4.23. The average molecular weight is 182 g/mol. The Balaban J connectivity index is 2.61. The smallest absolute Gasteiger partial charge is 0.138 e. The molecule has 0 saturated heterocycles. The molecule has 0 aliphatic rings. The Morgan fingerprint density at radius 3 is 2.85 bits per heavy atom. The number of aryl methyl sites for hydroxylation is 1. The number of aromatic nitrogens is 3. The Hall–Kier alpha value is -0.900. The standard InChI is InChI=1S/C9H18N4/c1-4-8(10-3)6-9-11-7-12-13(9)5-2/h7-8,10H,4-6H2,1-3H3. The summed E-state index contributed by atoms with van der Waals surface area (Å²) in [6.07, 6.45) is 3.70. The highest BCUT2D eigenvalue weighted by Gasteiger charge is 2.08. The Kier molecular flexibility index (Phi) is 3.89. The third kappa shape index (κ3) is 2.52. The SMILES string of the molecule is CCC(Cc1ncnn1CC)NC. The summed E-state index contributed by atoms with van der Waals surface area (Å²) in [5, 5.41) is 7.39. The summed E-state index contributed by atoms with van der Waals surface area (Å²) in [6.45, 7) is 5.15. The molecule has 0 radical (unpaired) electrons. The molecule has 0 saturated carbocycles. The number of nitrogens with one attached hydrogen (secondary N) is 1. The molecular weight excluding hydrogens is 164 g/mol. The normalized spacial score (nSPS) is 13.2. The van der Waals surface area contributed by atoms with Crippen LogP contribution in [0, 0.1) is 0 Å². The van der Waals surface area contributed by atoms with E-state index in [1.165, 1.54) is 0 Å². The van der Waals surface area contributed by atoms with Crippen LogP contribution >= 0.6 is 0 Å². The summed E-state index contributed by atoms with van der Waals surface area (Å²) in [4.78, 5) is 4.23. The van der Waals surface area contributed by atoms with Crippen LogP contribution in [0.4, 0.5) is 0 Å². The second-order valence-electron chi connectivity index (χ2n) is 3.09. The first-order valence-electron chi connectivity index (χ1n) is 4.85. The Morgan fingerprint density at radius 1 is 1.54 bits per heavy atom.